The number of aromatic nitrogens is 2. The van der Waals surface area contributed by atoms with Crippen molar-refractivity contribution in [3.8, 4) is 10.4 Å². The first-order valence-electron chi connectivity index (χ1n) is 10.4. The van der Waals surface area contributed by atoms with Crippen LogP contribution >= 0.6 is 22.9 Å². The third kappa shape index (κ3) is 3.53. The fourth-order valence-corrected chi connectivity index (χ4v) is 5.82. The number of carbonyl (C=O) groups is 2. The van der Waals surface area contributed by atoms with Gasteiger partial charge in [-0.2, -0.15) is 0 Å². The number of thiophene rings is 1. The summed E-state index contributed by atoms with van der Waals surface area (Å²) in [6.45, 7) is 0.183. The maximum absolute atomic E-state index is 12.9. The van der Waals surface area contributed by atoms with Crippen molar-refractivity contribution in [3.63, 3.8) is 0 Å². The maximum atomic E-state index is 12.9. The number of benzene rings is 1. The minimum Gasteiger partial charge on any atom is -0.323 e. The van der Waals surface area contributed by atoms with Crippen molar-refractivity contribution in [1.82, 2.24) is 20.2 Å². The first-order chi connectivity index (χ1) is 15.0. The van der Waals surface area contributed by atoms with E-state index >= 15 is 0 Å². The molecular weight excluding hydrogens is 436 g/mol. The van der Waals surface area contributed by atoms with Crippen molar-refractivity contribution in [2.45, 2.75) is 44.1 Å². The number of halogens is 1. The number of carbonyl (C=O) groups excluding carboxylic acids is 2. The Hall–Kier alpha value is -2.71. The number of hydrogen-bond donors (Lipinski definition) is 2. The van der Waals surface area contributed by atoms with E-state index in [1.807, 2.05) is 30.3 Å². The number of fused-ring (bicyclic) bond motifs is 1. The van der Waals surface area contributed by atoms with Crippen LogP contribution in [-0.4, -0.2) is 38.9 Å². The Balaban J connectivity index is 1.38. The number of aromatic amines is 1. The summed E-state index contributed by atoms with van der Waals surface area (Å²) in [5, 5.41) is 3.52. The molecule has 2 aromatic heterocycles. The number of nitrogens with one attached hydrogen (secondary N) is 2. The zero-order valence-corrected chi connectivity index (χ0v) is 18.3. The van der Waals surface area contributed by atoms with Gasteiger partial charge in [-0.15, -0.1) is 11.3 Å². The van der Waals surface area contributed by atoms with Crippen molar-refractivity contribution in [2.75, 3.05) is 6.54 Å². The van der Waals surface area contributed by atoms with Crippen LogP contribution in [0.25, 0.3) is 20.7 Å². The van der Waals surface area contributed by atoms with E-state index in [4.69, 9.17) is 11.6 Å². The zero-order valence-electron chi connectivity index (χ0n) is 16.7. The Labute approximate surface area is 187 Å². The number of amides is 3. The molecule has 1 saturated carbocycles. The molecule has 3 heterocycles. The molecule has 7 nitrogen and oxygen atoms in total. The van der Waals surface area contributed by atoms with Crippen LogP contribution in [0.4, 0.5) is 4.79 Å². The number of imide groups is 1. The molecule has 2 fully saturated rings. The van der Waals surface area contributed by atoms with Gasteiger partial charge >= 0.3 is 6.03 Å². The average Bonchev–Trinajstić information content (AvgIpc) is 3.27. The molecule has 0 radical (unpaired) electrons. The van der Waals surface area contributed by atoms with Gasteiger partial charge in [0.15, 0.2) is 0 Å². The first kappa shape index (κ1) is 20.2. The van der Waals surface area contributed by atoms with Gasteiger partial charge in [0.25, 0.3) is 11.5 Å². The normalized spacial score (nSPS) is 18.2. The van der Waals surface area contributed by atoms with Crippen LogP contribution in [0.1, 0.15) is 37.9 Å². The zero-order chi connectivity index (χ0) is 21.6. The number of hydrogen-bond acceptors (Lipinski definition) is 5. The highest BCUT2D eigenvalue weighted by molar-refractivity contribution is 7.22. The third-order valence-corrected chi connectivity index (χ3v) is 7.58. The van der Waals surface area contributed by atoms with Gasteiger partial charge in [-0.3, -0.25) is 14.5 Å². The van der Waals surface area contributed by atoms with Crippen LogP contribution in [0, 0.1) is 0 Å². The van der Waals surface area contributed by atoms with E-state index in [0.717, 1.165) is 29.7 Å². The minimum absolute atomic E-state index is 0.155. The highest BCUT2D eigenvalue weighted by Gasteiger charge is 2.50. The van der Waals surface area contributed by atoms with Crippen molar-refractivity contribution >= 4 is 45.1 Å². The second-order valence-electron chi connectivity index (χ2n) is 8.10. The van der Waals surface area contributed by atoms with Gasteiger partial charge in [-0.1, -0.05) is 49.1 Å². The molecule has 3 aromatic rings. The Bertz CT molecular complexity index is 1250. The fourth-order valence-electron chi connectivity index (χ4n) is 4.49. The molecule has 0 unspecified atom stereocenters. The molecule has 1 aromatic carbocycles. The molecule has 0 bridgehead atoms. The predicted molar refractivity (Wildman–Crippen MR) is 120 cm³/mol. The average molecular weight is 457 g/mol. The van der Waals surface area contributed by atoms with E-state index in [2.05, 4.69) is 15.3 Å². The summed E-state index contributed by atoms with van der Waals surface area (Å²) in [7, 11) is 0. The molecule has 0 atom stereocenters. The Kier molecular flexibility index (Phi) is 5.06. The summed E-state index contributed by atoms with van der Waals surface area (Å²) < 4.78 is 0.523. The lowest BCUT2D eigenvalue weighted by Crippen LogP contribution is -2.48. The van der Waals surface area contributed by atoms with Crippen LogP contribution in [-0.2, 0) is 11.2 Å². The second-order valence-corrected chi connectivity index (χ2v) is 9.56. The lowest BCUT2D eigenvalue weighted by molar-refractivity contribution is -0.132. The van der Waals surface area contributed by atoms with Crippen molar-refractivity contribution < 1.29 is 9.59 Å². The summed E-state index contributed by atoms with van der Waals surface area (Å²) in [5.41, 5.74) is 0.464. The van der Waals surface area contributed by atoms with Crippen molar-refractivity contribution in [1.29, 1.82) is 0 Å². The molecule has 2 N–H and O–H groups in total. The lowest BCUT2D eigenvalue weighted by Gasteiger charge is -2.30. The monoisotopic (exact) mass is 456 g/mol. The van der Waals surface area contributed by atoms with Crippen LogP contribution in [0.5, 0.6) is 0 Å². The van der Waals surface area contributed by atoms with Gasteiger partial charge in [0.05, 0.1) is 5.52 Å². The van der Waals surface area contributed by atoms with E-state index < -0.39 is 5.54 Å². The van der Waals surface area contributed by atoms with Gasteiger partial charge < -0.3 is 10.3 Å². The lowest BCUT2D eigenvalue weighted by atomic mass is 9.82. The molecule has 9 heteroatoms. The Morgan fingerprint density at radius 2 is 1.90 bits per heavy atom. The molecule has 1 saturated heterocycles. The van der Waals surface area contributed by atoms with Gasteiger partial charge in [0.2, 0.25) is 0 Å². The Morgan fingerprint density at radius 1 is 1.13 bits per heavy atom. The molecule has 1 aliphatic carbocycles. The molecule has 2 aliphatic rings. The molecular formula is C22H21ClN4O3S. The van der Waals surface area contributed by atoms with E-state index in [1.54, 1.807) is 0 Å². The third-order valence-electron chi connectivity index (χ3n) is 6.10. The number of rotatable bonds is 4. The molecule has 1 aliphatic heterocycles. The van der Waals surface area contributed by atoms with E-state index in [1.165, 1.54) is 16.2 Å². The van der Waals surface area contributed by atoms with Crippen LogP contribution in [0.3, 0.4) is 0 Å². The van der Waals surface area contributed by atoms with Gasteiger partial charge in [0, 0.05) is 28.4 Å². The summed E-state index contributed by atoms with van der Waals surface area (Å²) in [6.07, 6.45) is 4.64. The van der Waals surface area contributed by atoms with E-state index in [-0.39, 0.29) is 30.5 Å². The van der Waals surface area contributed by atoms with Crippen LogP contribution in [0.15, 0.2) is 35.1 Å². The topological polar surface area (TPSA) is 95.2 Å². The SMILES string of the molecule is O=C1NC2(CCCCC2)C(=O)N1CCc1nc2cc(-c3ccccc3Cl)sc2c(=O)[nH]1. The first-order valence-corrected chi connectivity index (χ1v) is 11.6. The number of nitrogens with zero attached hydrogens (tertiary/aromatic N) is 2. The fraction of sp³-hybridized carbons (Fsp3) is 0.364. The maximum Gasteiger partial charge on any atom is 0.325 e. The van der Waals surface area contributed by atoms with Gasteiger partial charge in [0.1, 0.15) is 16.1 Å². The molecule has 160 valence electrons. The molecule has 1 spiro atoms. The Morgan fingerprint density at radius 3 is 2.68 bits per heavy atom. The molecule has 31 heavy (non-hydrogen) atoms. The van der Waals surface area contributed by atoms with Gasteiger partial charge in [-0.05, 0) is 25.0 Å². The highest BCUT2D eigenvalue weighted by atomic mass is 35.5. The second kappa shape index (κ2) is 7.76. The summed E-state index contributed by atoms with van der Waals surface area (Å²) in [5.74, 6) is 0.295. The van der Waals surface area contributed by atoms with E-state index in [9.17, 15) is 14.4 Å². The van der Waals surface area contributed by atoms with Crippen LogP contribution in [0.2, 0.25) is 5.02 Å². The van der Waals surface area contributed by atoms with Crippen molar-refractivity contribution in [3.05, 3.63) is 51.5 Å². The largest absolute Gasteiger partial charge is 0.325 e. The standard InChI is InChI=1S/C22H21ClN4O3S/c23-14-7-3-2-6-13(14)16-12-15-18(31-16)19(28)25-17(24-15)8-11-27-20(29)22(26-21(27)30)9-4-1-5-10-22/h2-3,6-7,12H,1,4-5,8-11H2,(H,26,30)(H,24,25,28). The smallest absolute Gasteiger partial charge is 0.323 e. The van der Waals surface area contributed by atoms with Gasteiger partial charge in [-0.25, -0.2) is 9.78 Å². The van der Waals surface area contributed by atoms with Crippen molar-refractivity contribution in [2.24, 2.45) is 0 Å². The summed E-state index contributed by atoms with van der Waals surface area (Å²) >= 11 is 7.63. The number of H-pyrrole nitrogens is 1. The predicted octanol–water partition coefficient (Wildman–Crippen LogP) is 4.10. The van der Waals surface area contributed by atoms with Crippen LogP contribution < -0.4 is 10.9 Å². The molecule has 5 rings (SSSR count). The number of urea groups is 1. The van der Waals surface area contributed by atoms with E-state index in [0.29, 0.717) is 33.9 Å². The molecule has 3 amide bonds. The highest BCUT2D eigenvalue weighted by Crippen LogP contribution is 2.35. The minimum atomic E-state index is -0.739. The summed E-state index contributed by atoms with van der Waals surface area (Å²) in [6, 6.07) is 8.96. The summed E-state index contributed by atoms with van der Waals surface area (Å²) in [4.78, 5) is 47.5. The quantitative estimate of drug-likeness (QED) is 0.578.